The highest BCUT2D eigenvalue weighted by Crippen LogP contribution is 2.36. The first-order valence-electron chi connectivity index (χ1n) is 9.30. The van der Waals surface area contributed by atoms with Crippen molar-refractivity contribution in [1.29, 1.82) is 0 Å². The van der Waals surface area contributed by atoms with E-state index in [9.17, 15) is 13.5 Å². The number of guanidine groups is 1. The van der Waals surface area contributed by atoms with Crippen molar-refractivity contribution in [3.8, 4) is 0 Å². The van der Waals surface area contributed by atoms with Crippen molar-refractivity contribution in [3.63, 3.8) is 0 Å². The second kappa shape index (κ2) is 7.20. The molecule has 0 aromatic heterocycles. The molecule has 0 aromatic carbocycles. The lowest BCUT2D eigenvalue weighted by atomic mass is 9.73. The van der Waals surface area contributed by atoms with E-state index in [1.54, 1.807) is 0 Å². The third-order valence-corrected chi connectivity index (χ3v) is 7.52. The van der Waals surface area contributed by atoms with Crippen molar-refractivity contribution in [2.75, 3.05) is 24.6 Å². The Morgan fingerprint density at radius 3 is 2.67 bits per heavy atom. The van der Waals surface area contributed by atoms with Gasteiger partial charge in [0.1, 0.15) is 0 Å². The number of sulfone groups is 1. The van der Waals surface area contributed by atoms with Gasteiger partial charge in [0.2, 0.25) is 0 Å². The summed E-state index contributed by atoms with van der Waals surface area (Å²) in [5.74, 6) is 1.55. The summed E-state index contributed by atoms with van der Waals surface area (Å²) in [6.45, 7) is 3.38. The zero-order valence-electron chi connectivity index (χ0n) is 14.6. The molecule has 7 heteroatoms. The molecule has 138 valence electrons. The average molecular weight is 358 g/mol. The summed E-state index contributed by atoms with van der Waals surface area (Å²) < 4.78 is 23.2. The van der Waals surface area contributed by atoms with Crippen LogP contribution in [0.25, 0.3) is 0 Å². The predicted molar refractivity (Wildman–Crippen MR) is 95.8 cm³/mol. The van der Waals surface area contributed by atoms with Crippen LogP contribution in [0.3, 0.4) is 0 Å². The van der Waals surface area contributed by atoms with Crippen LogP contribution in [0, 0.1) is 11.3 Å². The van der Waals surface area contributed by atoms with Crippen molar-refractivity contribution >= 4 is 15.8 Å². The lowest BCUT2D eigenvalue weighted by molar-refractivity contribution is 0.00716. The first kappa shape index (κ1) is 18.0. The monoisotopic (exact) mass is 357 g/mol. The fraction of sp³-hybridized carbons (Fsp3) is 0.941. The van der Waals surface area contributed by atoms with Crippen molar-refractivity contribution in [2.24, 2.45) is 16.3 Å². The molecule has 0 bridgehead atoms. The summed E-state index contributed by atoms with van der Waals surface area (Å²) in [5.41, 5.74) is -0.146. The molecular formula is C17H31N3O3S. The molecule has 2 saturated carbocycles. The van der Waals surface area contributed by atoms with Crippen LogP contribution < -0.4 is 10.6 Å². The number of rotatable bonds is 5. The zero-order chi connectivity index (χ0) is 17.2. The van der Waals surface area contributed by atoms with E-state index in [-0.39, 0.29) is 23.2 Å². The van der Waals surface area contributed by atoms with Gasteiger partial charge in [-0.05, 0) is 38.0 Å². The van der Waals surface area contributed by atoms with Crippen LogP contribution in [0.1, 0.15) is 51.9 Å². The third kappa shape index (κ3) is 4.85. The summed E-state index contributed by atoms with van der Waals surface area (Å²) in [7, 11) is -2.83. The Morgan fingerprint density at radius 1 is 1.25 bits per heavy atom. The lowest BCUT2D eigenvalue weighted by Crippen LogP contribution is -2.43. The van der Waals surface area contributed by atoms with Crippen LogP contribution in [0.2, 0.25) is 0 Å². The van der Waals surface area contributed by atoms with E-state index in [4.69, 9.17) is 4.99 Å². The molecule has 3 unspecified atom stereocenters. The summed E-state index contributed by atoms with van der Waals surface area (Å²) in [5, 5.41) is 17.1. The summed E-state index contributed by atoms with van der Waals surface area (Å²) in [6.07, 6.45) is 6.92. The molecule has 0 amide bonds. The minimum Gasteiger partial charge on any atom is -0.392 e. The van der Waals surface area contributed by atoms with Gasteiger partial charge in [-0.15, -0.1) is 0 Å². The van der Waals surface area contributed by atoms with Crippen LogP contribution >= 0.6 is 0 Å². The van der Waals surface area contributed by atoms with E-state index in [0.29, 0.717) is 24.9 Å². The molecule has 0 radical (unpaired) electrons. The van der Waals surface area contributed by atoms with Crippen LogP contribution in [-0.2, 0) is 9.84 Å². The predicted octanol–water partition coefficient (Wildman–Crippen LogP) is 1.06. The molecule has 3 atom stereocenters. The van der Waals surface area contributed by atoms with Gasteiger partial charge >= 0.3 is 0 Å². The van der Waals surface area contributed by atoms with E-state index >= 15 is 0 Å². The van der Waals surface area contributed by atoms with Crippen molar-refractivity contribution in [1.82, 2.24) is 10.6 Å². The Morgan fingerprint density at radius 2 is 2.04 bits per heavy atom. The highest BCUT2D eigenvalue weighted by Gasteiger charge is 2.35. The molecule has 0 aromatic rings. The summed E-state index contributed by atoms with van der Waals surface area (Å²) in [4.78, 5) is 4.73. The fourth-order valence-electron chi connectivity index (χ4n) is 3.67. The van der Waals surface area contributed by atoms with Gasteiger partial charge in [-0.1, -0.05) is 19.8 Å². The van der Waals surface area contributed by atoms with Gasteiger partial charge in [-0.2, -0.15) is 0 Å². The van der Waals surface area contributed by atoms with E-state index < -0.39 is 9.84 Å². The molecule has 24 heavy (non-hydrogen) atoms. The SMILES string of the molecule is CC1(CN=C(NCC2CCS(=O)(=O)C2)NC2CC2)CCCCC1O. The molecule has 3 N–H and O–H groups in total. The number of nitrogens with one attached hydrogen (secondary N) is 2. The van der Waals surface area contributed by atoms with Crippen molar-refractivity contribution < 1.29 is 13.5 Å². The smallest absolute Gasteiger partial charge is 0.191 e. The Kier molecular flexibility index (Phi) is 5.39. The molecule has 3 aliphatic rings. The van der Waals surface area contributed by atoms with E-state index in [1.165, 1.54) is 12.8 Å². The fourth-order valence-corrected chi connectivity index (χ4v) is 5.54. The maximum Gasteiger partial charge on any atom is 0.191 e. The Bertz CT molecular complexity index is 574. The Labute approximate surface area is 145 Å². The number of hydrogen-bond donors (Lipinski definition) is 3. The number of aliphatic hydroxyl groups excluding tert-OH is 1. The maximum absolute atomic E-state index is 11.6. The van der Waals surface area contributed by atoms with Gasteiger partial charge in [0.05, 0.1) is 24.2 Å². The van der Waals surface area contributed by atoms with Gasteiger partial charge < -0.3 is 15.7 Å². The molecule has 0 spiro atoms. The molecule has 6 nitrogen and oxygen atoms in total. The maximum atomic E-state index is 11.6. The minimum absolute atomic E-state index is 0.146. The molecule has 2 aliphatic carbocycles. The molecule has 3 fully saturated rings. The number of nitrogens with zero attached hydrogens (tertiary/aromatic N) is 1. The topological polar surface area (TPSA) is 90.8 Å². The van der Waals surface area contributed by atoms with Crippen molar-refractivity contribution in [3.05, 3.63) is 0 Å². The van der Waals surface area contributed by atoms with Crippen LogP contribution in [-0.4, -0.2) is 56.2 Å². The van der Waals surface area contributed by atoms with Crippen LogP contribution in [0.5, 0.6) is 0 Å². The Balaban J connectivity index is 1.56. The van der Waals surface area contributed by atoms with Crippen LogP contribution in [0.4, 0.5) is 0 Å². The van der Waals surface area contributed by atoms with Crippen LogP contribution in [0.15, 0.2) is 4.99 Å². The van der Waals surface area contributed by atoms with Gasteiger partial charge in [-0.25, -0.2) is 8.42 Å². The van der Waals surface area contributed by atoms with Gasteiger partial charge in [0, 0.05) is 18.0 Å². The average Bonchev–Trinajstić information content (AvgIpc) is 3.28. The second-order valence-corrected chi connectivity index (χ2v) is 10.4. The standard InChI is InChI=1S/C17H31N3O3S/c1-17(8-3-2-4-15(17)21)12-19-16(20-14-5-6-14)18-10-13-7-9-24(22,23)11-13/h13-15,21H,2-12H2,1H3,(H2,18,19,20). The van der Waals surface area contributed by atoms with E-state index in [0.717, 1.165) is 38.1 Å². The summed E-state index contributed by atoms with van der Waals surface area (Å²) in [6, 6.07) is 0.493. The molecule has 1 saturated heterocycles. The largest absolute Gasteiger partial charge is 0.392 e. The lowest BCUT2D eigenvalue weighted by Gasteiger charge is -2.37. The Hall–Kier alpha value is -0.820. The molecule has 3 rings (SSSR count). The third-order valence-electron chi connectivity index (χ3n) is 5.68. The number of aliphatic hydroxyl groups is 1. The van der Waals surface area contributed by atoms with Gasteiger partial charge in [0.25, 0.3) is 0 Å². The second-order valence-electron chi connectivity index (χ2n) is 8.15. The quantitative estimate of drug-likeness (QED) is 0.506. The van der Waals surface area contributed by atoms with Crippen molar-refractivity contribution in [2.45, 2.75) is 64.0 Å². The molecule has 1 heterocycles. The molecule has 1 aliphatic heterocycles. The van der Waals surface area contributed by atoms with E-state index in [1.807, 2.05) is 0 Å². The first-order valence-corrected chi connectivity index (χ1v) is 11.1. The molecular weight excluding hydrogens is 326 g/mol. The van der Waals surface area contributed by atoms with Gasteiger partial charge in [-0.3, -0.25) is 4.99 Å². The highest BCUT2D eigenvalue weighted by atomic mass is 32.2. The highest BCUT2D eigenvalue weighted by molar-refractivity contribution is 7.91. The first-order chi connectivity index (χ1) is 11.4. The zero-order valence-corrected chi connectivity index (χ0v) is 15.4. The minimum atomic E-state index is -2.83. The summed E-state index contributed by atoms with van der Waals surface area (Å²) >= 11 is 0. The normalized spacial score (nSPS) is 36.5. The van der Waals surface area contributed by atoms with E-state index in [2.05, 4.69) is 17.6 Å². The number of aliphatic imine (C=N–C) groups is 1. The number of hydrogen-bond acceptors (Lipinski definition) is 4. The van der Waals surface area contributed by atoms with Gasteiger partial charge in [0.15, 0.2) is 15.8 Å².